The number of nitrogens with one attached hydrogen (secondary N) is 1. The smallest absolute Gasteiger partial charge is 0.145 e. The summed E-state index contributed by atoms with van der Waals surface area (Å²) in [4.78, 5) is 14.5. The molecular weight excluding hydrogens is 562 g/mol. The lowest BCUT2D eigenvalue weighted by Crippen LogP contribution is -1.97. The molecule has 0 fully saturated rings. The SMILES string of the molecule is C(=N\c1cc(-c2ccc(-c3nc4ccccc4n3-c3ccccc3)cc2)ccc1Nc1ccccc1)/c1ccc2ncccc2c1. The number of hydrogen-bond donors (Lipinski definition) is 1. The summed E-state index contributed by atoms with van der Waals surface area (Å²) in [6.45, 7) is 0. The van der Waals surface area contributed by atoms with Crippen LogP contribution in [0.2, 0.25) is 0 Å². The lowest BCUT2D eigenvalue weighted by atomic mass is 10.0. The molecular formula is C41H29N5. The van der Waals surface area contributed by atoms with E-state index in [0.717, 1.165) is 72.8 Å². The molecule has 0 saturated carbocycles. The molecule has 8 rings (SSSR count). The largest absolute Gasteiger partial charge is 0.354 e. The van der Waals surface area contributed by atoms with Crippen LogP contribution in [-0.4, -0.2) is 20.7 Å². The van der Waals surface area contributed by atoms with Crippen molar-refractivity contribution in [3.8, 4) is 28.2 Å². The number of fused-ring (bicyclic) bond motifs is 2. The Morgan fingerprint density at radius 2 is 1.33 bits per heavy atom. The average molecular weight is 592 g/mol. The Labute approximate surface area is 267 Å². The van der Waals surface area contributed by atoms with Crippen LogP contribution >= 0.6 is 0 Å². The van der Waals surface area contributed by atoms with Gasteiger partial charge < -0.3 is 5.32 Å². The molecule has 0 spiro atoms. The maximum atomic E-state index is 5.03. The molecule has 2 heterocycles. The summed E-state index contributed by atoms with van der Waals surface area (Å²) < 4.78 is 2.23. The first-order chi connectivity index (χ1) is 22.8. The number of pyridine rings is 1. The minimum Gasteiger partial charge on any atom is -0.354 e. The average Bonchev–Trinajstić information content (AvgIpc) is 3.52. The zero-order valence-electron chi connectivity index (χ0n) is 25.0. The first-order valence-corrected chi connectivity index (χ1v) is 15.3. The Morgan fingerprint density at radius 1 is 0.587 bits per heavy atom. The summed E-state index contributed by atoms with van der Waals surface area (Å²) in [7, 11) is 0. The first kappa shape index (κ1) is 27.2. The number of benzene rings is 6. The fraction of sp³-hybridized carbons (Fsp3) is 0. The Morgan fingerprint density at radius 3 is 2.17 bits per heavy atom. The number of rotatable bonds is 7. The number of para-hydroxylation sites is 4. The molecule has 0 unspecified atom stereocenters. The third-order valence-electron chi connectivity index (χ3n) is 8.08. The summed E-state index contributed by atoms with van der Waals surface area (Å²) in [5, 5.41) is 4.63. The zero-order chi connectivity index (χ0) is 30.7. The molecule has 46 heavy (non-hydrogen) atoms. The maximum Gasteiger partial charge on any atom is 0.145 e. The van der Waals surface area contributed by atoms with Crippen molar-refractivity contribution in [1.29, 1.82) is 0 Å². The molecule has 218 valence electrons. The molecule has 8 aromatic rings. The van der Waals surface area contributed by atoms with Crippen LogP contribution in [0.5, 0.6) is 0 Å². The highest BCUT2D eigenvalue weighted by Gasteiger charge is 2.14. The number of aliphatic imine (C=N–C) groups is 1. The summed E-state index contributed by atoms with van der Waals surface area (Å²) in [5.41, 5.74) is 11.1. The van der Waals surface area contributed by atoms with Crippen LogP contribution in [0.25, 0.3) is 50.1 Å². The van der Waals surface area contributed by atoms with Gasteiger partial charge in [-0.2, -0.15) is 0 Å². The molecule has 5 nitrogen and oxygen atoms in total. The van der Waals surface area contributed by atoms with Gasteiger partial charge in [0.25, 0.3) is 0 Å². The second-order valence-corrected chi connectivity index (χ2v) is 11.1. The second kappa shape index (κ2) is 12.0. The van der Waals surface area contributed by atoms with Gasteiger partial charge >= 0.3 is 0 Å². The minimum absolute atomic E-state index is 0.850. The molecule has 2 aromatic heterocycles. The van der Waals surface area contributed by atoms with Crippen molar-refractivity contribution in [2.45, 2.75) is 0 Å². The van der Waals surface area contributed by atoms with Gasteiger partial charge in [0, 0.05) is 34.7 Å². The fourth-order valence-corrected chi connectivity index (χ4v) is 5.79. The van der Waals surface area contributed by atoms with E-state index >= 15 is 0 Å². The Balaban J connectivity index is 1.16. The van der Waals surface area contributed by atoms with Gasteiger partial charge in [-0.1, -0.05) is 91.0 Å². The van der Waals surface area contributed by atoms with E-state index in [4.69, 9.17) is 9.98 Å². The van der Waals surface area contributed by atoms with Crippen LogP contribution in [0.1, 0.15) is 5.56 Å². The predicted molar refractivity (Wildman–Crippen MR) is 191 cm³/mol. The number of anilines is 2. The Hall–Kier alpha value is -6.33. The van der Waals surface area contributed by atoms with Crippen molar-refractivity contribution in [2.75, 3.05) is 5.32 Å². The topological polar surface area (TPSA) is 55.1 Å². The van der Waals surface area contributed by atoms with Gasteiger partial charge in [-0.15, -0.1) is 0 Å². The summed E-state index contributed by atoms with van der Waals surface area (Å²) in [5.74, 6) is 0.914. The van der Waals surface area contributed by atoms with E-state index in [1.165, 1.54) is 0 Å². The standard InChI is InChI=1S/C41H29N5/c1-3-11-34(12-4-1)44-37-24-22-32(27-39(37)43-28-29-17-23-36-33(26-29)10-9-25-42-36)30-18-20-31(21-19-30)41-45-38-15-7-8-16-40(38)46(41)35-13-5-2-6-14-35/h1-28,44H/b43-28+. The van der Waals surface area contributed by atoms with Crippen LogP contribution in [0, 0.1) is 0 Å². The number of nitrogens with zero attached hydrogens (tertiary/aromatic N) is 4. The summed E-state index contributed by atoms with van der Waals surface area (Å²) in [6.07, 6.45) is 3.73. The van der Waals surface area contributed by atoms with Crippen LogP contribution in [0.4, 0.5) is 17.1 Å². The van der Waals surface area contributed by atoms with E-state index in [-0.39, 0.29) is 0 Å². The van der Waals surface area contributed by atoms with E-state index in [2.05, 4.69) is 130 Å². The van der Waals surface area contributed by atoms with Gasteiger partial charge in [-0.3, -0.25) is 14.5 Å². The molecule has 6 aromatic carbocycles. The van der Waals surface area contributed by atoms with Gasteiger partial charge in [0.15, 0.2) is 0 Å². The van der Waals surface area contributed by atoms with Gasteiger partial charge in [0.2, 0.25) is 0 Å². The molecule has 0 amide bonds. The summed E-state index contributed by atoms with van der Waals surface area (Å²) in [6, 6.07) is 54.1. The van der Waals surface area contributed by atoms with Crippen LogP contribution < -0.4 is 5.32 Å². The summed E-state index contributed by atoms with van der Waals surface area (Å²) >= 11 is 0. The van der Waals surface area contributed by atoms with Crippen molar-refractivity contribution in [3.05, 3.63) is 169 Å². The highest BCUT2D eigenvalue weighted by Crippen LogP contribution is 2.35. The Kier molecular flexibility index (Phi) is 7.09. The van der Waals surface area contributed by atoms with Crippen molar-refractivity contribution in [2.24, 2.45) is 4.99 Å². The van der Waals surface area contributed by atoms with Crippen LogP contribution in [0.15, 0.2) is 169 Å². The van der Waals surface area contributed by atoms with Gasteiger partial charge in [0.05, 0.1) is 27.9 Å². The fourth-order valence-electron chi connectivity index (χ4n) is 5.79. The Bertz CT molecular complexity index is 2320. The molecule has 0 atom stereocenters. The van der Waals surface area contributed by atoms with E-state index < -0.39 is 0 Å². The molecule has 0 radical (unpaired) electrons. The van der Waals surface area contributed by atoms with Crippen molar-refractivity contribution in [3.63, 3.8) is 0 Å². The van der Waals surface area contributed by atoms with E-state index in [1.807, 2.05) is 54.9 Å². The first-order valence-electron chi connectivity index (χ1n) is 15.3. The van der Waals surface area contributed by atoms with Crippen LogP contribution in [0.3, 0.4) is 0 Å². The maximum absolute atomic E-state index is 5.03. The normalized spacial score (nSPS) is 11.4. The quantitative estimate of drug-likeness (QED) is 0.188. The molecule has 0 bridgehead atoms. The third-order valence-corrected chi connectivity index (χ3v) is 8.08. The molecule has 0 saturated heterocycles. The lowest BCUT2D eigenvalue weighted by Gasteiger charge is -2.13. The van der Waals surface area contributed by atoms with E-state index in [0.29, 0.717) is 0 Å². The van der Waals surface area contributed by atoms with Crippen molar-refractivity contribution < 1.29 is 0 Å². The van der Waals surface area contributed by atoms with Gasteiger partial charge in [-0.05, 0) is 83.4 Å². The highest BCUT2D eigenvalue weighted by molar-refractivity contribution is 5.91. The van der Waals surface area contributed by atoms with Gasteiger partial charge in [0.1, 0.15) is 5.82 Å². The molecule has 1 N–H and O–H groups in total. The number of hydrogen-bond acceptors (Lipinski definition) is 4. The lowest BCUT2D eigenvalue weighted by molar-refractivity contribution is 1.10. The molecule has 0 aliphatic heterocycles. The van der Waals surface area contributed by atoms with Crippen LogP contribution in [-0.2, 0) is 0 Å². The predicted octanol–water partition coefficient (Wildman–Crippen LogP) is 10.4. The molecule has 5 heteroatoms. The molecule has 0 aliphatic rings. The number of aromatic nitrogens is 3. The second-order valence-electron chi connectivity index (χ2n) is 11.1. The highest BCUT2D eigenvalue weighted by atomic mass is 15.1. The number of imidazole rings is 1. The monoisotopic (exact) mass is 591 g/mol. The molecule has 0 aliphatic carbocycles. The van der Waals surface area contributed by atoms with E-state index in [9.17, 15) is 0 Å². The van der Waals surface area contributed by atoms with Crippen molar-refractivity contribution in [1.82, 2.24) is 14.5 Å². The third kappa shape index (κ3) is 5.42. The van der Waals surface area contributed by atoms with Gasteiger partial charge in [-0.25, -0.2) is 4.98 Å². The minimum atomic E-state index is 0.850. The zero-order valence-corrected chi connectivity index (χ0v) is 25.0. The van der Waals surface area contributed by atoms with E-state index in [1.54, 1.807) is 0 Å². The van der Waals surface area contributed by atoms with Crippen molar-refractivity contribution >= 4 is 45.2 Å².